The molecule has 3 rings (SSSR count). The number of nitrogens with zero attached hydrogens (tertiary/aromatic N) is 2. The first-order chi connectivity index (χ1) is 9.65. The third kappa shape index (κ3) is 2.07. The summed E-state index contributed by atoms with van der Waals surface area (Å²) in [6, 6.07) is 8.55. The number of hydrogen-bond acceptors (Lipinski definition) is 3. The molecule has 0 aliphatic rings. The maximum absolute atomic E-state index is 12.1. The molecule has 6 nitrogen and oxygen atoms in total. The molecule has 6 heteroatoms. The number of rotatable bonds is 2. The molecule has 2 N–H and O–H groups in total. The molecule has 100 valence electrons. The van der Waals surface area contributed by atoms with Crippen LogP contribution in [0.3, 0.4) is 0 Å². The van der Waals surface area contributed by atoms with E-state index < -0.39 is 5.91 Å². The zero-order valence-corrected chi connectivity index (χ0v) is 10.8. The number of hydrogen-bond donors (Lipinski definition) is 2. The maximum Gasteiger partial charge on any atom is 0.263 e. The highest BCUT2D eigenvalue weighted by Gasteiger charge is 2.11. The van der Waals surface area contributed by atoms with Crippen LogP contribution in [-0.2, 0) is 7.05 Å². The number of anilines is 1. The Morgan fingerprint density at radius 2 is 2.20 bits per heavy atom. The van der Waals surface area contributed by atoms with Crippen molar-refractivity contribution >= 4 is 22.5 Å². The number of carbonyl (C=O) groups excluding carboxylic acids is 1. The van der Waals surface area contributed by atoms with Crippen LogP contribution in [0.4, 0.5) is 5.69 Å². The van der Waals surface area contributed by atoms with Gasteiger partial charge in [0.15, 0.2) is 0 Å². The van der Waals surface area contributed by atoms with Gasteiger partial charge in [0.1, 0.15) is 5.56 Å². The highest BCUT2D eigenvalue weighted by Crippen LogP contribution is 2.16. The fraction of sp³-hybridized carbons (Fsp3) is 0.0714. The number of pyridine rings is 1. The summed E-state index contributed by atoms with van der Waals surface area (Å²) in [6.45, 7) is 0. The van der Waals surface area contributed by atoms with Gasteiger partial charge in [-0.15, -0.1) is 0 Å². The Hall–Kier alpha value is -2.89. The van der Waals surface area contributed by atoms with E-state index in [1.807, 2.05) is 6.07 Å². The van der Waals surface area contributed by atoms with Gasteiger partial charge in [-0.25, -0.2) is 0 Å². The van der Waals surface area contributed by atoms with E-state index in [1.165, 1.54) is 10.6 Å². The van der Waals surface area contributed by atoms with E-state index in [-0.39, 0.29) is 11.1 Å². The third-order valence-electron chi connectivity index (χ3n) is 3.07. The monoisotopic (exact) mass is 268 g/mol. The summed E-state index contributed by atoms with van der Waals surface area (Å²) in [6.07, 6.45) is 3.31. The lowest BCUT2D eigenvalue weighted by atomic mass is 10.2. The molecular formula is C14H12N4O2. The fourth-order valence-corrected chi connectivity index (χ4v) is 1.98. The SMILES string of the molecule is Cn1cccc(C(=O)Nc2ccc3cn[nH]c3c2)c1=O. The third-order valence-corrected chi connectivity index (χ3v) is 3.07. The van der Waals surface area contributed by atoms with Crippen molar-refractivity contribution in [2.75, 3.05) is 5.32 Å². The highest BCUT2D eigenvalue weighted by atomic mass is 16.2. The lowest BCUT2D eigenvalue weighted by Gasteiger charge is -2.06. The number of benzene rings is 1. The predicted molar refractivity (Wildman–Crippen MR) is 75.7 cm³/mol. The lowest BCUT2D eigenvalue weighted by Crippen LogP contribution is -2.26. The Morgan fingerprint density at radius 3 is 3.05 bits per heavy atom. The Bertz CT molecular complexity index is 848. The maximum atomic E-state index is 12.1. The average Bonchev–Trinajstić information content (AvgIpc) is 2.89. The molecule has 0 atom stereocenters. The van der Waals surface area contributed by atoms with E-state index in [9.17, 15) is 9.59 Å². The number of nitrogens with one attached hydrogen (secondary N) is 2. The smallest absolute Gasteiger partial charge is 0.263 e. The van der Waals surface area contributed by atoms with Crippen LogP contribution in [-0.4, -0.2) is 20.7 Å². The second-order valence-corrected chi connectivity index (χ2v) is 4.46. The van der Waals surface area contributed by atoms with Gasteiger partial charge in [-0.1, -0.05) is 0 Å². The lowest BCUT2D eigenvalue weighted by molar-refractivity contribution is 0.102. The summed E-state index contributed by atoms with van der Waals surface area (Å²) in [4.78, 5) is 24.0. The molecule has 0 saturated carbocycles. The summed E-state index contributed by atoms with van der Waals surface area (Å²) in [5.41, 5.74) is 1.22. The highest BCUT2D eigenvalue weighted by molar-refractivity contribution is 6.04. The molecule has 0 spiro atoms. The number of H-pyrrole nitrogens is 1. The number of fused-ring (bicyclic) bond motifs is 1. The van der Waals surface area contributed by atoms with E-state index in [1.54, 1.807) is 37.6 Å². The second-order valence-electron chi connectivity index (χ2n) is 4.46. The Labute approximate surface area is 114 Å². The van der Waals surface area contributed by atoms with E-state index in [0.717, 1.165) is 10.9 Å². The molecule has 0 unspecified atom stereocenters. The van der Waals surface area contributed by atoms with Crippen molar-refractivity contribution < 1.29 is 4.79 Å². The molecule has 0 bridgehead atoms. The minimum Gasteiger partial charge on any atom is -0.322 e. The van der Waals surface area contributed by atoms with Crippen LogP contribution in [0.5, 0.6) is 0 Å². The van der Waals surface area contributed by atoms with Gasteiger partial charge in [-0.3, -0.25) is 14.7 Å². The van der Waals surface area contributed by atoms with Crippen molar-refractivity contribution in [3.05, 3.63) is 58.6 Å². The largest absolute Gasteiger partial charge is 0.322 e. The first-order valence-electron chi connectivity index (χ1n) is 6.05. The van der Waals surface area contributed by atoms with Gasteiger partial charge in [0.05, 0.1) is 11.7 Å². The van der Waals surface area contributed by atoms with Gasteiger partial charge in [0.2, 0.25) is 0 Å². The van der Waals surface area contributed by atoms with Gasteiger partial charge in [0.25, 0.3) is 11.5 Å². The van der Waals surface area contributed by atoms with E-state index >= 15 is 0 Å². The summed E-state index contributed by atoms with van der Waals surface area (Å²) in [5.74, 6) is -0.426. The molecule has 1 aromatic carbocycles. The summed E-state index contributed by atoms with van der Waals surface area (Å²) < 4.78 is 1.37. The normalized spacial score (nSPS) is 10.7. The predicted octanol–water partition coefficient (Wildman–Crippen LogP) is 1.51. The van der Waals surface area contributed by atoms with Crippen LogP contribution in [0.25, 0.3) is 10.9 Å². The Balaban J connectivity index is 1.92. The molecule has 3 aromatic rings. The number of aromatic amines is 1. The van der Waals surface area contributed by atoms with Gasteiger partial charge in [0, 0.05) is 24.3 Å². The molecule has 0 fully saturated rings. The van der Waals surface area contributed by atoms with Gasteiger partial charge in [-0.2, -0.15) is 5.10 Å². The summed E-state index contributed by atoms with van der Waals surface area (Å²) in [5, 5.41) is 10.4. The molecule has 0 aliphatic carbocycles. The zero-order chi connectivity index (χ0) is 14.1. The number of aryl methyl sites for hydroxylation is 1. The second kappa shape index (κ2) is 4.65. The van der Waals surface area contributed by atoms with Gasteiger partial charge < -0.3 is 9.88 Å². The van der Waals surface area contributed by atoms with E-state index in [0.29, 0.717) is 5.69 Å². The minimum atomic E-state index is -0.426. The standard InChI is InChI=1S/C14H12N4O2/c1-18-6-2-3-11(14(18)20)13(19)16-10-5-4-9-8-15-17-12(9)7-10/h2-8H,1H3,(H,15,17)(H,16,19). The Kier molecular flexibility index (Phi) is 2.83. The Morgan fingerprint density at radius 1 is 1.35 bits per heavy atom. The van der Waals surface area contributed by atoms with Crippen molar-refractivity contribution in [2.45, 2.75) is 0 Å². The fourth-order valence-electron chi connectivity index (χ4n) is 1.98. The molecule has 2 heterocycles. The number of aromatic nitrogens is 3. The first kappa shape index (κ1) is 12.2. The molecule has 0 radical (unpaired) electrons. The summed E-state index contributed by atoms with van der Waals surface area (Å²) >= 11 is 0. The van der Waals surface area contributed by atoms with Crippen LogP contribution in [0.2, 0.25) is 0 Å². The molecular weight excluding hydrogens is 256 g/mol. The van der Waals surface area contributed by atoms with Crippen molar-refractivity contribution in [1.82, 2.24) is 14.8 Å². The van der Waals surface area contributed by atoms with Crippen molar-refractivity contribution in [1.29, 1.82) is 0 Å². The number of amides is 1. The quantitative estimate of drug-likeness (QED) is 0.739. The van der Waals surface area contributed by atoms with Gasteiger partial charge >= 0.3 is 0 Å². The molecule has 0 aliphatic heterocycles. The van der Waals surface area contributed by atoms with Crippen LogP contribution >= 0.6 is 0 Å². The molecule has 0 saturated heterocycles. The van der Waals surface area contributed by atoms with Crippen LogP contribution in [0.15, 0.2) is 47.5 Å². The van der Waals surface area contributed by atoms with Crippen molar-refractivity contribution in [3.63, 3.8) is 0 Å². The van der Waals surface area contributed by atoms with Crippen molar-refractivity contribution in [3.8, 4) is 0 Å². The molecule has 20 heavy (non-hydrogen) atoms. The van der Waals surface area contributed by atoms with Gasteiger partial charge in [-0.05, 0) is 30.3 Å². The minimum absolute atomic E-state index is 0.111. The van der Waals surface area contributed by atoms with E-state index in [2.05, 4.69) is 15.5 Å². The number of carbonyl (C=O) groups is 1. The van der Waals surface area contributed by atoms with Crippen molar-refractivity contribution in [2.24, 2.45) is 7.05 Å². The topological polar surface area (TPSA) is 79.8 Å². The average molecular weight is 268 g/mol. The van der Waals surface area contributed by atoms with Crippen LogP contribution in [0, 0.1) is 0 Å². The zero-order valence-electron chi connectivity index (χ0n) is 10.8. The van der Waals surface area contributed by atoms with Crippen LogP contribution in [0.1, 0.15) is 10.4 Å². The summed E-state index contributed by atoms with van der Waals surface area (Å²) in [7, 11) is 1.61. The van der Waals surface area contributed by atoms with Crippen LogP contribution < -0.4 is 10.9 Å². The molecule has 2 aromatic heterocycles. The van der Waals surface area contributed by atoms with E-state index in [4.69, 9.17) is 0 Å². The first-order valence-corrected chi connectivity index (χ1v) is 6.05. The molecule has 1 amide bonds.